The van der Waals surface area contributed by atoms with E-state index in [4.69, 9.17) is 4.74 Å². The lowest BCUT2D eigenvalue weighted by atomic mass is 10.1. The molecule has 6 nitrogen and oxygen atoms in total. The highest BCUT2D eigenvalue weighted by Gasteiger charge is 2.10. The van der Waals surface area contributed by atoms with E-state index < -0.39 is 0 Å². The van der Waals surface area contributed by atoms with Crippen LogP contribution in [0.25, 0.3) is 0 Å². The van der Waals surface area contributed by atoms with Gasteiger partial charge in [-0.15, -0.1) is 0 Å². The summed E-state index contributed by atoms with van der Waals surface area (Å²) in [5.41, 5.74) is 4.00. The molecule has 3 aromatic rings. The third kappa shape index (κ3) is 3.97. The van der Waals surface area contributed by atoms with Gasteiger partial charge in [-0.2, -0.15) is 0 Å². The van der Waals surface area contributed by atoms with Crippen molar-refractivity contribution in [1.82, 2.24) is 9.97 Å². The molecule has 2 N–H and O–H groups in total. The van der Waals surface area contributed by atoms with Gasteiger partial charge in [0, 0.05) is 17.4 Å². The third-order valence-electron chi connectivity index (χ3n) is 4.08. The molecule has 26 heavy (non-hydrogen) atoms. The van der Waals surface area contributed by atoms with E-state index in [0.29, 0.717) is 5.82 Å². The molecule has 0 saturated heterocycles. The number of methoxy groups -OCH3 is 1. The Kier molecular flexibility index (Phi) is 5.12. The molecule has 1 aromatic heterocycles. The molecule has 0 atom stereocenters. The van der Waals surface area contributed by atoms with Crippen molar-refractivity contribution < 1.29 is 9.53 Å². The fourth-order valence-corrected chi connectivity index (χ4v) is 2.43. The van der Waals surface area contributed by atoms with Gasteiger partial charge in [0.05, 0.1) is 19.5 Å². The van der Waals surface area contributed by atoms with Crippen LogP contribution in [-0.4, -0.2) is 23.0 Å². The van der Waals surface area contributed by atoms with Gasteiger partial charge in [0.1, 0.15) is 17.3 Å². The fourth-order valence-electron chi connectivity index (χ4n) is 2.43. The second kappa shape index (κ2) is 7.65. The van der Waals surface area contributed by atoms with Crippen molar-refractivity contribution in [2.24, 2.45) is 0 Å². The summed E-state index contributed by atoms with van der Waals surface area (Å²) >= 11 is 0. The molecule has 3 rings (SSSR count). The van der Waals surface area contributed by atoms with Gasteiger partial charge in [-0.25, -0.2) is 9.97 Å². The van der Waals surface area contributed by atoms with Gasteiger partial charge in [-0.05, 0) is 43.2 Å². The van der Waals surface area contributed by atoms with Gasteiger partial charge in [-0.1, -0.05) is 18.2 Å². The molecule has 0 unspecified atom stereocenters. The normalized spacial score (nSPS) is 10.3. The molecule has 0 spiro atoms. The number of benzene rings is 2. The second-order valence-corrected chi connectivity index (χ2v) is 5.85. The van der Waals surface area contributed by atoms with Crippen LogP contribution in [0.15, 0.2) is 54.9 Å². The average molecular weight is 348 g/mol. The molecule has 0 saturated carbocycles. The molecule has 0 aliphatic rings. The number of carbonyl (C=O) groups excluding carboxylic acids is 1. The summed E-state index contributed by atoms with van der Waals surface area (Å²) in [6, 6.07) is 13.3. The largest absolute Gasteiger partial charge is 0.497 e. The van der Waals surface area contributed by atoms with Gasteiger partial charge in [0.25, 0.3) is 5.91 Å². The van der Waals surface area contributed by atoms with Crippen molar-refractivity contribution in [2.75, 3.05) is 17.7 Å². The second-order valence-electron chi connectivity index (χ2n) is 5.85. The van der Waals surface area contributed by atoms with Gasteiger partial charge < -0.3 is 15.4 Å². The van der Waals surface area contributed by atoms with E-state index in [0.717, 1.165) is 28.3 Å². The number of aryl methyl sites for hydroxylation is 1. The zero-order valence-corrected chi connectivity index (χ0v) is 14.9. The van der Waals surface area contributed by atoms with Crippen LogP contribution in [0.3, 0.4) is 0 Å². The van der Waals surface area contributed by atoms with E-state index in [-0.39, 0.29) is 11.6 Å². The van der Waals surface area contributed by atoms with Gasteiger partial charge >= 0.3 is 0 Å². The molecule has 132 valence electrons. The molecular formula is C20H20N4O2. The van der Waals surface area contributed by atoms with E-state index >= 15 is 0 Å². The Hall–Kier alpha value is -3.41. The van der Waals surface area contributed by atoms with Crippen LogP contribution in [-0.2, 0) is 0 Å². The van der Waals surface area contributed by atoms with Crippen molar-refractivity contribution in [3.8, 4) is 5.75 Å². The Morgan fingerprint density at radius 2 is 1.85 bits per heavy atom. The van der Waals surface area contributed by atoms with Gasteiger partial charge in [0.2, 0.25) is 0 Å². The predicted molar refractivity (Wildman–Crippen MR) is 102 cm³/mol. The summed E-state index contributed by atoms with van der Waals surface area (Å²) in [6.07, 6.45) is 2.97. The van der Waals surface area contributed by atoms with E-state index in [1.54, 1.807) is 7.11 Å². The highest BCUT2D eigenvalue weighted by atomic mass is 16.5. The van der Waals surface area contributed by atoms with Crippen LogP contribution < -0.4 is 15.4 Å². The Morgan fingerprint density at radius 1 is 1.04 bits per heavy atom. The Morgan fingerprint density at radius 3 is 2.58 bits per heavy atom. The summed E-state index contributed by atoms with van der Waals surface area (Å²) in [5.74, 6) is 0.994. The SMILES string of the molecule is COc1cccc(Nc2cnc(C(=O)Nc3cccc(C)c3C)cn2)c1. The lowest BCUT2D eigenvalue weighted by Gasteiger charge is -2.10. The van der Waals surface area contributed by atoms with Crippen molar-refractivity contribution in [3.05, 3.63) is 71.7 Å². The molecule has 0 aliphatic carbocycles. The minimum atomic E-state index is -0.292. The molecule has 0 bridgehead atoms. The minimum Gasteiger partial charge on any atom is -0.497 e. The first-order chi connectivity index (χ1) is 12.6. The van der Waals surface area contributed by atoms with E-state index in [1.807, 2.05) is 56.3 Å². The Labute approximate surface area is 152 Å². The number of aromatic nitrogens is 2. The maximum Gasteiger partial charge on any atom is 0.275 e. The van der Waals surface area contributed by atoms with Crippen LogP contribution in [0.1, 0.15) is 21.6 Å². The molecule has 1 amide bonds. The average Bonchev–Trinajstić information content (AvgIpc) is 2.66. The lowest BCUT2D eigenvalue weighted by Crippen LogP contribution is -2.15. The van der Waals surface area contributed by atoms with Crippen LogP contribution in [0, 0.1) is 13.8 Å². The summed E-state index contributed by atoms with van der Waals surface area (Å²) in [6.45, 7) is 3.97. The lowest BCUT2D eigenvalue weighted by molar-refractivity contribution is 0.102. The predicted octanol–water partition coefficient (Wildman–Crippen LogP) is 4.10. The number of ether oxygens (including phenoxy) is 1. The highest BCUT2D eigenvalue weighted by molar-refractivity contribution is 6.03. The van der Waals surface area contributed by atoms with Crippen molar-refractivity contribution in [3.63, 3.8) is 0 Å². The summed E-state index contributed by atoms with van der Waals surface area (Å²) in [4.78, 5) is 20.8. The molecule has 6 heteroatoms. The van der Waals surface area contributed by atoms with Crippen LogP contribution in [0.2, 0.25) is 0 Å². The topological polar surface area (TPSA) is 76.1 Å². The van der Waals surface area contributed by atoms with Crippen molar-refractivity contribution >= 4 is 23.1 Å². The first-order valence-corrected chi connectivity index (χ1v) is 8.17. The van der Waals surface area contributed by atoms with E-state index in [2.05, 4.69) is 20.6 Å². The first kappa shape index (κ1) is 17.4. The van der Waals surface area contributed by atoms with E-state index in [1.165, 1.54) is 12.4 Å². The molecule has 2 aromatic carbocycles. The minimum absolute atomic E-state index is 0.252. The van der Waals surface area contributed by atoms with E-state index in [9.17, 15) is 4.79 Å². The number of anilines is 3. The zero-order valence-electron chi connectivity index (χ0n) is 14.9. The number of hydrogen-bond acceptors (Lipinski definition) is 5. The fraction of sp³-hybridized carbons (Fsp3) is 0.150. The summed E-state index contributed by atoms with van der Waals surface area (Å²) < 4.78 is 5.19. The quantitative estimate of drug-likeness (QED) is 0.726. The summed E-state index contributed by atoms with van der Waals surface area (Å²) in [5, 5.41) is 6.00. The number of nitrogens with zero attached hydrogens (tertiary/aromatic N) is 2. The van der Waals surface area contributed by atoms with Crippen LogP contribution in [0.4, 0.5) is 17.2 Å². The Balaban J connectivity index is 1.70. The molecule has 0 fully saturated rings. The van der Waals surface area contributed by atoms with Crippen molar-refractivity contribution in [2.45, 2.75) is 13.8 Å². The van der Waals surface area contributed by atoms with Crippen LogP contribution >= 0.6 is 0 Å². The summed E-state index contributed by atoms with van der Waals surface area (Å²) in [7, 11) is 1.61. The highest BCUT2D eigenvalue weighted by Crippen LogP contribution is 2.20. The smallest absolute Gasteiger partial charge is 0.275 e. The maximum absolute atomic E-state index is 12.4. The number of carbonyl (C=O) groups is 1. The number of nitrogens with one attached hydrogen (secondary N) is 2. The third-order valence-corrected chi connectivity index (χ3v) is 4.08. The van der Waals surface area contributed by atoms with Crippen LogP contribution in [0.5, 0.6) is 5.75 Å². The molecule has 1 heterocycles. The molecular weight excluding hydrogens is 328 g/mol. The molecule has 0 radical (unpaired) electrons. The monoisotopic (exact) mass is 348 g/mol. The number of rotatable bonds is 5. The van der Waals surface area contributed by atoms with Gasteiger partial charge in [-0.3, -0.25) is 4.79 Å². The number of amides is 1. The zero-order chi connectivity index (χ0) is 18.5. The molecule has 0 aliphatic heterocycles. The Bertz CT molecular complexity index is 923. The van der Waals surface area contributed by atoms with Gasteiger partial charge in [0.15, 0.2) is 0 Å². The maximum atomic E-state index is 12.4. The standard InChI is InChI=1S/C20H20N4O2/c1-13-6-4-9-17(14(13)2)24-20(25)18-11-22-19(12-21-18)23-15-7-5-8-16(10-15)26-3/h4-12H,1-3H3,(H,22,23)(H,24,25). The first-order valence-electron chi connectivity index (χ1n) is 8.17. The number of hydrogen-bond donors (Lipinski definition) is 2. The van der Waals surface area contributed by atoms with Crippen molar-refractivity contribution in [1.29, 1.82) is 0 Å².